The van der Waals surface area contributed by atoms with Crippen LogP contribution >= 0.6 is 0 Å². The van der Waals surface area contributed by atoms with E-state index >= 15 is 0 Å². The highest BCUT2D eigenvalue weighted by atomic mass is 16.5. The Labute approximate surface area is 118 Å². The van der Waals surface area contributed by atoms with E-state index in [4.69, 9.17) is 14.6 Å². The quantitative estimate of drug-likeness (QED) is 0.629. The Morgan fingerprint density at radius 2 is 2.30 bits per heavy atom. The van der Waals surface area contributed by atoms with Crippen molar-refractivity contribution in [2.24, 2.45) is 0 Å². The lowest BCUT2D eigenvalue weighted by molar-refractivity contribution is -0.138. The highest BCUT2D eigenvalue weighted by Gasteiger charge is 2.18. The molecule has 0 radical (unpaired) electrons. The van der Waals surface area contributed by atoms with E-state index in [9.17, 15) is 4.79 Å². The van der Waals surface area contributed by atoms with Gasteiger partial charge in [0.2, 0.25) is 11.8 Å². The minimum Gasteiger partial charge on any atom is -0.480 e. The summed E-state index contributed by atoms with van der Waals surface area (Å²) in [4.78, 5) is 19.3. The van der Waals surface area contributed by atoms with Crippen LogP contribution in [0.25, 0.3) is 0 Å². The molecule has 0 saturated carbocycles. The predicted molar refractivity (Wildman–Crippen MR) is 74.0 cm³/mol. The molecule has 1 rings (SSSR count). The van der Waals surface area contributed by atoms with Crippen molar-refractivity contribution < 1.29 is 19.4 Å². The number of aliphatic carboxylic acids is 1. The second kappa shape index (κ2) is 9.08. The molecule has 1 aromatic rings. The molecule has 112 valence electrons. The molecule has 0 bridgehead atoms. The van der Waals surface area contributed by atoms with Crippen LogP contribution in [0.4, 0.5) is 5.95 Å². The third-order valence-electron chi connectivity index (χ3n) is 2.53. The van der Waals surface area contributed by atoms with E-state index in [2.05, 4.69) is 15.3 Å². The summed E-state index contributed by atoms with van der Waals surface area (Å²) in [5.41, 5.74) is 0. The van der Waals surface area contributed by atoms with Gasteiger partial charge in [-0.1, -0.05) is 6.92 Å². The lowest BCUT2D eigenvalue weighted by Crippen LogP contribution is -2.30. The number of carbonyl (C=O) groups is 1. The summed E-state index contributed by atoms with van der Waals surface area (Å²) in [6.07, 6.45) is 3.50. The molecule has 1 heterocycles. The number of rotatable bonds is 10. The summed E-state index contributed by atoms with van der Waals surface area (Å²) in [7, 11) is 1.58. The predicted octanol–water partition coefficient (Wildman–Crippen LogP) is 1.56. The molecular weight excluding hydrogens is 262 g/mol. The van der Waals surface area contributed by atoms with Gasteiger partial charge >= 0.3 is 5.97 Å². The molecule has 0 aliphatic rings. The van der Waals surface area contributed by atoms with Gasteiger partial charge in [0.15, 0.2) is 0 Å². The third-order valence-corrected chi connectivity index (χ3v) is 2.53. The maximum absolute atomic E-state index is 11.2. The molecule has 0 aliphatic heterocycles. The summed E-state index contributed by atoms with van der Waals surface area (Å²) in [5, 5.41) is 12.0. The average molecular weight is 283 g/mol. The Bertz CT molecular complexity index is 414. The zero-order valence-corrected chi connectivity index (χ0v) is 11.8. The van der Waals surface area contributed by atoms with E-state index in [0.29, 0.717) is 31.9 Å². The minimum absolute atomic E-state index is 0.253. The van der Waals surface area contributed by atoms with E-state index in [1.165, 1.54) is 6.20 Å². The maximum Gasteiger partial charge on any atom is 0.326 e. The van der Waals surface area contributed by atoms with Crippen LogP contribution in [0.15, 0.2) is 12.3 Å². The van der Waals surface area contributed by atoms with Gasteiger partial charge in [-0.25, -0.2) is 9.78 Å². The zero-order valence-electron chi connectivity index (χ0n) is 11.8. The van der Waals surface area contributed by atoms with Crippen molar-refractivity contribution in [1.29, 1.82) is 0 Å². The highest BCUT2D eigenvalue weighted by Crippen LogP contribution is 2.11. The van der Waals surface area contributed by atoms with Gasteiger partial charge < -0.3 is 19.9 Å². The number of ether oxygens (including phenoxy) is 2. The van der Waals surface area contributed by atoms with Gasteiger partial charge in [-0.15, -0.1) is 0 Å². The Kier molecular flexibility index (Phi) is 7.34. The van der Waals surface area contributed by atoms with Crippen molar-refractivity contribution in [3.8, 4) is 5.88 Å². The number of methoxy groups -OCH3 is 1. The lowest BCUT2D eigenvalue weighted by Gasteiger charge is -2.14. The number of anilines is 1. The van der Waals surface area contributed by atoms with Crippen LogP contribution in [-0.2, 0) is 9.53 Å². The van der Waals surface area contributed by atoms with Gasteiger partial charge in [-0.05, 0) is 19.3 Å². The first-order valence-corrected chi connectivity index (χ1v) is 6.61. The van der Waals surface area contributed by atoms with E-state index in [1.54, 1.807) is 13.2 Å². The topological polar surface area (TPSA) is 93.6 Å². The van der Waals surface area contributed by atoms with Crippen molar-refractivity contribution in [1.82, 2.24) is 9.97 Å². The molecule has 7 nitrogen and oxygen atoms in total. The van der Waals surface area contributed by atoms with Gasteiger partial charge in [-0.3, -0.25) is 0 Å². The number of nitrogens with zero attached hydrogens (tertiary/aromatic N) is 2. The fraction of sp³-hybridized carbons (Fsp3) is 0.615. The Morgan fingerprint density at radius 3 is 2.95 bits per heavy atom. The minimum atomic E-state index is -0.940. The first-order valence-electron chi connectivity index (χ1n) is 6.61. The fourth-order valence-corrected chi connectivity index (χ4v) is 1.54. The van der Waals surface area contributed by atoms with Gasteiger partial charge in [-0.2, -0.15) is 4.98 Å². The number of aromatic nitrogens is 2. The van der Waals surface area contributed by atoms with Crippen LogP contribution in [0, 0.1) is 0 Å². The molecule has 0 fully saturated rings. The van der Waals surface area contributed by atoms with Gasteiger partial charge in [0.1, 0.15) is 6.04 Å². The fourth-order valence-electron chi connectivity index (χ4n) is 1.54. The summed E-state index contributed by atoms with van der Waals surface area (Å²) < 4.78 is 10.3. The average Bonchev–Trinajstić information content (AvgIpc) is 2.44. The van der Waals surface area contributed by atoms with E-state index in [-0.39, 0.29) is 5.95 Å². The first-order chi connectivity index (χ1) is 9.67. The molecule has 20 heavy (non-hydrogen) atoms. The standard InChI is InChI=1S/C13H21N3O4/c1-3-8-20-11-6-7-14-13(16-11)15-10(12(17)18)5-4-9-19-2/h6-7,10H,3-5,8-9H2,1-2H3,(H,17,18)(H,14,15,16). The number of nitrogens with one attached hydrogen (secondary N) is 1. The normalized spacial score (nSPS) is 11.9. The molecule has 1 atom stereocenters. The second-order valence-electron chi connectivity index (χ2n) is 4.24. The molecule has 2 N–H and O–H groups in total. The number of hydrogen-bond donors (Lipinski definition) is 2. The van der Waals surface area contributed by atoms with Gasteiger partial charge in [0.05, 0.1) is 6.61 Å². The molecule has 1 unspecified atom stereocenters. The molecule has 0 aliphatic carbocycles. The lowest BCUT2D eigenvalue weighted by atomic mass is 10.1. The smallest absolute Gasteiger partial charge is 0.326 e. The van der Waals surface area contributed by atoms with Crippen LogP contribution < -0.4 is 10.1 Å². The zero-order chi connectivity index (χ0) is 14.8. The highest BCUT2D eigenvalue weighted by molar-refractivity contribution is 5.76. The van der Waals surface area contributed by atoms with Gasteiger partial charge in [0.25, 0.3) is 0 Å². The monoisotopic (exact) mass is 283 g/mol. The van der Waals surface area contributed by atoms with E-state index in [1.807, 2.05) is 6.92 Å². The molecule has 7 heteroatoms. The van der Waals surface area contributed by atoms with Crippen LogP contribution in [-0.4, -0.2) is 47.4 Å². The van der Waals surface area contributed by atoms with Crippen LogP contribution in [0.1, 0.15) is 26.2 Å². The second-order valence-corrected chi connectivity index (χ2v) is 4.24. The molecule has 0 spiro atoms. The summed E-state index contributed by atoms with van der Waals surface area (Å²) in [6.45, 7) is 3.08. The summed E-state index contributed by atoms with van der Waals surface area (Å²) in [6, 6.07) is 0.897. The maximum atomic E-state index is 11.2. The van der Waals surface area contributed by atoms with Crippen LogP contribution in [0.5, 0.6) is 5.88 Å². The summed E-state index contributed by atoms with van der Waals surface area (Å²) in [5.74, 6) is -0.251. The summed E-state index contributed by atoms with van der Waals surface area (Å²) >= 11 is 0. The van der Waals surface area contributed by atoms with Gasteiger partial charge in [0, 0.05) is 26.0 Å². The molecule has 0 amide bonds. The largest absolute Gasteiger partial charge is 0.480 e. The molecule has 0 saturated heterocycles. The Hall–Kier alpha value is -1.89. The van der Waals surface area contributed by atoms with Crippen molar-refractivity contribution in [3.63, 3.8) is 0 Å². The van der Waals surface area contributed by atoms with Crippen LogP contribution in [0.3, 0.4) is 0 Å². The Balaban J connectivity index is 2.60. The molecule has 0 aromatic carbocycles. The van der Waals surface area contributed by atoms with Crippen molar-refractivity contribution >= 4 is 11.9 Å². The molecular formula is C13H21N3O4. The van der Waals surface area contributed by atoms with Crippen molar-refractivity contribution in [2.75, 3.05) is 25.6 Å². The van der Waals surface area contributed by atoms with E-state index in [0.717, 1.165) is 6.42 Å². The number of carboxylic acids is 1. The van der Waals surface area contributed by atoms with E-state index < -0.39 is 12.0 Å². The van der Waals surface area contributed by atoms with Crippen molar-refractivity contribution in [3.05, 3.63) is 12.3 Å². The number of carboxylic acid groups (broad SMARTS) is 1. The Morgan fingerprint density at radius 1 is 1.50 bits per heavy atom. The third kappa shape index (κ3) is 5.83. The van der Waals surface area contributed by atoms with Crippen molar-refractivity contribution in [2.45, 2.75) is 32.2 Å². The first kappa shape index (κ1) is 16.2. The molecule has 1 aromatic heterocycles. The SMILES string of the molecule is CCCOc1ccnc(NC(CCCOC)C(=O)O)n1. The van der Waals surface area contributed by atoms with Crippen LogP contribution in [0.2, 0.25) is 0 Å². The number of hydrogen-bond acceptors (Lipinski definition) is 6.